The summed E-state index contributed by atoms with van der Waals surface area (Å²) in [5, 5.41) is 6.09. The smallest absolute Gasteiger partial charge is 0.211 e. The third-order valence-corrected chi connectivity index (χ3v) is 7.89. The summed E-state index contributed by atoms with van der Waals surface area (Å²) in [4.78, 5) is 12.2. The average Bonchev–Trinajstić information content (AvgIpc) is 3.56. The number of imidazole rings is 1. The Kier molecular flexibility index (Phi) is 4.42. The van der Waals surface area contributed by atoms with E-state index in [1.165, 1.54) is 5.56 Å². The van der Waals surface area contributed by atoms with Gasteiger partial charge in [0.15, 0.2) is 0 Å². The minimum absolute atomic E-state index is 0.101. The van der Waals surface area contributed by atoms with Crippen molar-refractivity contribution in [1.82, 2.24) is 24.1 Å². The Bertz CT molecular complexity index is 1580. The molecule has 0 aliphatic carbocycles. The van der Waals surface area contributed by atoms with Crippen LogP contribution >= 0.6 is 11.6 Å². The molecule has 7 rings (SSSR count). The molecule has 8 heteroatoms. The molecule has 5 aromatic rings. The molecule has 1 saturated heterocycles. The normalized spacial score (nSPS) is 16.8. The molecule has 3 aromatic heterocycles. The van der Waals surface area contributed by atoms with Crippen molar-refractivity contribution in [2.45, 2.75) is 31.8 Å². The highest BCUT2D eigenvalue weighted by Crippen LogP contribution is 2.42. The summed E-state index contributed by atoms with van der Waals surface area (Å²) < 4.78 is 10.3. The highest BCUT2D eigenvalue weighted by molar-refractivity contribution is 6.38. The summed E-state index contributed by atoms with van der Waals surface area (Å²) >= 11 is 6.88. The van der Waals surface area contributed by atoms with Gasteiger partial charge in [-0.1, -0.05) is 35.9 Å². The van der Waals surface area contributed by atoms with Crippen molar-refractivity contribution < 1.29 is 4.74 Å². The third-order valence-electron chi connectivity index (χ3n) is 7.49. The second-order valence-electron chi connectivity index (χ2n) is 9.71. The number of rotatable bonds is 2. The molecule has 1 fully saturated rings. The van der Waals surface area contributed by atoms with Crippen molar-refractivity contribution in [3.05, 3.63) is 71.3 Å². The summed E-state index contributed by atoms with van der Waals surface area (Å²) in [6.07, 6.45) is 8.69. The number of nitrogens with zero attached hydrogens (tertiary/aromatic N) is 6. The largest absolute Gasteiger partial charge is 0.487 e. The van der Waals surface area contributed by atoms with Crippen molar-refractivity contribution in [3.8, 4) is 16.9 Å². The van der Waals surface area contributed by atoms with Crippen molar-refractivity contribution in [1.29, 1.82) is 0 Å². The zero-order chi connectivity index (χ0) is 23.7. The number of para-hydroxylation sites is 1. The summed E-state index contributed by atoms with van der Waals surface area (Å²) in [5.41, 5.74) is 5.75. The number of hydrogen-bond donors (Lipinski definition) is 0. The molecule has 35 heavy (non-hydrogen) atoms. The molecule has 0 bridgehead atoms. The maximum absolute atomic E-state index is 6.88. The number of halogens is 1. The SMILES string of the molecule is Cc1nc(N2CCC3(CC2)Cc2ccccc2O3)n2ccnc2c1-c1ccc2nn(C)cc2c1Cl. The fourth-order valence-corrected chi connectivity index (χ4v) is 6.04. The van der Waals surface area contributed by atoms with Crippen LogP contribution in [0.5, 0.6) is 5.75 Å². The van der Waals surface area contributed by atoms with Gasteiger partial charge in [0.1, 0.15) is 17.0 Å². The fraction of sp³-hybridized carbons (Fsp3) is 0.296. The highest BCUT2D eigenvalue weighted by atomic mass is 35.5. The molecule has 2 aromatic carbocycles. The van der Waals surface area contributed by atoms with Gasteiger partial charge < -0.3 is 9.64 Å². The topological polar surface area (TPSA) is 60.5 Å². The van der Waals surface area contributed by atoms with Gasteiger partial charge in [-0.3, -0.25) is 9.08 Å². The molecule has 2 aliphatic heterocycles. The molecule has 0 saturated carbocycles. The van der Waals surface area contributed by atoms with E-state index in [1.807, 2.05) is 44.7 Å². The number of fused-ring (bicyclic) bond motifs is 3. The van der Waals surface area contributed by atoms with Crippen LogP contribution in [-0.4, -0.2) is 42.8 Å². The maximum Gasteiger partial charge on any atom is 0.211 e. The predicted molar refractivity (Wildman–Crippen MR) is 137 cm³/mol. The number of hydrogen-bond acceptors (Lipinski definition) is 5. The quantitative estimate of drug-likeness (QED) is 0.344. The molecule has 0 radical (unpaired) electrons. The van der Waals surface area contributed by atoms with Gasteiger partial charge in [-0.15, -0.1) is 0 Å². The standard InChI is InChI=1S/C27H25ClN6O/c1-17-23(19-7-8-21-20(24(19)28)16-32(2)31-21)25-29-11-14-34(25)26(30-17)33-12-9-27(10-13-33)15-18-5-3-4-6-22(18)35-27/h3-8,11,14,16H,9-10,12-13,15H2,1-2H3. The Morgan fingerprint density at radius 3 is 2.74 bits per heavy atom. The van der Waals surface area contributed by atoms with Crippen molar-refractivity contribution in [2.75, 3.05) is 18.0 Å². The molecule has 176 valence electrons. The van der Waals surface area contributed by atoms with Gasteiger partial charge >= 0.3 is 0 Å². The van der Waals surface area contributed by atoms with Gasteiger partial charge in [0, 0.05) is 74.5 Å². The predicted octanol–water partition coefficient (Wildman–Crippen LogP) is 5.22. The lowest BCUT2D eigenvalue weighted by Crippen LogP contribution is -2.48. The minimum atomic E-state index is -0.101. The van der Waals surface area contributed by atoms with Crippen molar-refractivity contribution in [3.63, 3.8) is 0 Å². The molecule has 0 amide bonds. The van der Waals surface area contributed by atoms with Gasteiger partial charge in [-0.05, 0) is 24.6 Å². The van der Waals surface area contributed by atoms with Gasteiger partial charge in [0.05, 0.1) is 16.2 Å². The Hall–Kier alpha value is -3.58. The van der Waals surface area contributed by atoms with E-state index in [0.717, 1.165) is 77.4 Å². The summed E-state index contributed by atoms with van der Waals surface area (Å²) in [6.45, 7) is 3.81. The van der Waals surface area contributed by atoms with Crippen LogP contribution in [0.4, 0.5) is 5.95 Å². The van der Waals surface area contributed by atoms with Crippen molar-refractivity contribution >= 4 is 34.1 Å². The van der Waals surface area contributed by atoms with Gasteiger partial charge in [-0.2, -0.15) is 5.10 Å². The van der Waals surface area contributed by atoms with E-state index in [2.05, 4.69) is 38.7 Å². The first-order valence-corrected chi connectivity index (χ1v) is 12.4. The van der Waals surface area contributed by atoms with E-state index in [-0.39, 0.29) is 5.60 Å². The van der Waals surface area contributed by atoms with Crippen LogP contribution in [0.3, 0.4) is 0 Å². The van der Waals surface area contributed by atoms with E-state index < -0.39 is 0 Å². The second-order valence-corrected chi connectivity index (χ2v) is 10.1. The van der Waals surface area contributed by atoms with E-state index in [4.69, 9.17) is 26.3 Å². The lowest BCUT2D eigenvalue weighted by Gasteiger charge is -2.39. The Morgan fingerprint density at radius 1 is 1.09 bits per heavy atom. The van der Waals surface area contributed by atoms with Gasteiger partial charge in [-0.25, -0.2) is 9.97 Å². The number of aromatic nitrogens is 5. The summed E-state index contributed by atoms with van der Waals surface area (Å²) in [6, 6.07) is 12.4. The Morgan fingerprint density at radius 2 is 1.91 bits per heavy atom. The molecule has 5 heterocycles. The van der Waals surface area contributed by atoms with Crippen LogP contribution < -0.4 is 9.64 Å². The van der Waals surface area contributed by atoms with Crippen LogP contribution in [-0.2, 0) is 13.5 Å². The molecule has 1 spiro atoms. The Labute approximate surface area is 207 Å². The van der Waals surface area contributed by atoms with E-state index in [0.29, 0.717) is 5.02 Å². The summed E-state index contributed by atoms with van der Waals surface area (Å²) in [5.74, 6) is 1.96. The van der Waals surface area contributed by atoms with Crippen LogP contribution in [0.1, 0.15) is 24.1 Å². The van der Waals surface area contributed by atoms with Crippen molar-refractivity contribution in [2.24, 2.45) is 7.05 Å². The van der Waals surface area contributed by atoms with Crippen LogP contribution in [0.2, 0.25) is 5.02 Å². The molecule has 0 unspecified atom stereocenters. The second kappa shape index (κ2) is 7.46. The molecule has 0 atom stereocenters. The molecule has 2 aliphatic rings. The zero-order valence-corrected chi connectivity index (χ0v) is 20.5. The first kappa shape index (κ1) is 20.8. The minimum Gasteiger partial charge on any atom is -0.487 e. The number of benzene rings is 2. The van der Waals surface area contributed by atoms with Gasteiger partial charge in [0.2, 0.25) is 5.95 Å². The number of aryl methyl sites for hydroxylation is 2. The number of ether oxygens (including phenoxy) is 1. The maximum atomic E-state index is 6.88. The number of piperidine rings is 1. The fourth-order valence-electron chi connectivity index (χ4n) is 5.74. The molecule has 7 nitrogen and oxygen atoms in total. The Balaban J connectivity index is 1.24. The zero-order valence-electron chi connectivity index (χ0n) is 19.7. The molecular weight excluding hydrogens is 460 g/mol. The first-order valence-electron chi connectivity index (χ1n) is 12.0. The monoisotopic (exact) mass is 484 g/mol. The van der Waals surface area contributed by atoms with E-state index in [9.17, 15) is 0 Å². The highest BCUT2D eigenvalue weighted by Gasteiger charge is 2.42. The molecule has 0 N–H and O–H groups in total. The summed E-state index contributed by atoms with van der Waals surface area (Å²) in [7, 11) is 1.91. The third kappa shape index (κ3) is 3.14. The average molecular weight is 485 g/mol. The lowest BCUT2D eigenvalue weighted by atomic mass is 9.87. The van der Waals surface area contributed by atoms with Gasteiger partial charge in [0.25, 0.3) is 0 Å². The van der Waals surface area contributed by atoms with Crippen LogP contribution in [0.15, 0.2) is 55.0 Å². The van der Waals surface area contributed by atoms with E-state index >= 15 is 0 Å². The first-order chi connectivity index (χ1) is 17.0. The van der Waals surface area contributed by atoms with Crippen LogP contribution in [0.25, 0.3) is 27.7 Å². The van der Waals surface area contributed by atoms with E-state index in [1.54, 1.807) is 4.68 Å². The molecular formula is C27H25ClN6O. The van der Waals surface area contributed by atoms with Crippen LogP contribution in [0, 0.1) is 6.92 Å². The lowest BCUT2D eigenvalue weighted by molar-refractivity contribution is 0.0664. The number of anilines is 1.